The van der Waals surface area contributed by atoms with Crippen molar-refractivity contribution < 1.29 is 9.53 Å². The Hall–Kier alpha value is -1.44. The molecule has 158 valence electrons. The van der Waals surface area contributed by atoms with Crippen molar-refractivity contribution in [3.63, 3.8) is 0 Å². The van der Waals surface area contributed by atoms with Crippen LogP contribution in [0.25, 0.3) is 0 Å². The van der Waals surface area contributed by atoms with Crippen molar-refractivity contribution >= 4 is 5.91 Å². The van der Waals surface area contributed by atoms with Gasteiger partial charge in [0.15, 0.2) is 0 Å². The van der Waals surface area contributed by atoms with Crippen LogP contribution < -0.4 is 0 Å². The van der Waals surface area contributed by atoms with E-state index in [1.165, 1.54) is 0 Å². The summed E-state index contributed by atoms with van der Waals surface area (Å²) in [4.78, 5) is 20.1. The van der Waals surface area contributed by atoms with E-state index < -0.39 is 0 Å². The topological polar surface area (TPSA) is 53.8 Å². The number of rotatable bonds is 8. The summed E-state index contributed by atoms with van der Waals surface area (Å²) in [6.45, 7) is 12.8. The molecule has 0 N–H and O–H groups in total. The summed E-state index contributed by atoms with van der Waals surface area (Å²) in [5, 5.41) is 4.50. The molecular weight excluding hydrogens is 354 g/mol. The number of hydrogen-bond donors (Lipinski definition) is 0. The molecule has 1 aromatic rings. The maximum absolute atomic E-state index is 13.1. The first-order valence-electron chi connectivity index (χ1n) is 10.8. The third-order valence-electron chi connectivity index (χ3n) is 6.06. The first-order valence-corrected chi connectivity index (χ1v) is 10.8. The molecule has 2 saturated heterocycles. The number of amides is 1. The van der Waals surface area contributed by atoms with Crippen molar-refractivity contribution in [2.45, 2.75) is 52.1 Å². The van der Waals surface area contributed by atoms with E-state index in [9.17, 15) is 4.79 Å². The van der Waals surface area contributed by atoms with Gasteiger partial charge in [-0.25, -0.2) is 0 Å². The van der Waals surface area contributed by atoms with Gasteiger partial charge in [0, 0.05) is 70.6 Å². The van der Waals surface area contributed by atoms with Crippen LogP contribution in [-0.2, 0) is 16.1 Å². The summed E-state index contributed by atoms with van der Waals surface area (Å²) in [5.74, 6) is 0.262. The van der Waals surface area contributed by atoms with Crippen molar-refractivity contribution in [2.75, 3.05) is 59.5 Å². The van der Waals surface area contributed by atoms with E-state index in [0.717, 1.165) is 83.1 Å². The monoisotopic (exact) mass is 391 g/mol. The number of aryl methyl sites for hydroxylation is 3. The molecule has 2 aliphatic rings. The maximum atomic E-state index is 13.1. The van der Waals surface area contributed by atoms with Crippen LogP contribution in [0, 0.1) is 13.8 Å². The highest BCUT2D eigenvalue weighted by atomic mass is 16.5. The fraction of sp³-hybridized carbons (Fsp3) is 0.810. The third-order valence-corrected chi connectivity index (χ3v) is 6.06. The number of piperazine rings is 1. The summed E-state index contributed by atoms with van der Waals surface area (Å²) in [6.07, 6.45) is 3.49. The van der Waals surface area contributed by atoms with Gasteiger partial charge in [-0.15, -0.1) is 0 Å². The number of likely N-dealkylation sites (N-methyl/N-ethyl adjacent to an activating group) is 1. The molecule has 0 aliphatic carbocycles. The molecule has 7 nitrogen and oxygen atoms in total. The van der Waals surface area contributed by atoms with Crippen LogP contribution in [0.2, 0.25) is 0 Å². The number of ether oxygens (including phenoxy) is 1. The van der Waals surface area contributed by atoms with Crippen LogP contribution in [0.1, 0.15) is 37.1 Å². The highest BCUT2D eigenvalue weighted by Gasteiger charge is 2.26. The van der Waals surface area contributed by atoms with Crippen molar-refractivity contribution in [3.8, 4) is 0 Å². The molecule has 2 aliphatic heterocycles. The van der Waals surface area contributed by atoms with Crippen LogP contribution in [0.5, 0.6) is 0 Å². The Kier molecular flexibility index (Phi) is 7.88. The summed E-state index contributed by atoms with van der Waals surface area (Å²) in [7, 11) is 2.19. The van der Waals surface area contributed by atoms with E-state index in [1.807, 2.05) is 11.6 Å². The van der Waals surface area contributed by atoms with Crippen LogP contribution in [0.3, 0.4) is 0 Å². The first-order chi connectivity index (χ1) is 13.5. The van der Waals surface area contributed by atoms with Crippen molar-refractivity contribution in [3.05, 3.63) is 17.5 Å². The Bertz CT molecular complexity index is 618. The van der Waals surface area contributed by atoms with Gasteiger partial charge in [-0.2, -0.15) is 5.10 Å². The van der Waals surface area contributed by atoms with Crippen molar-refractivity contribution in [2.24, 2.45) is 0 Å². The van der Waals surface area contributed by atoms with Gasteiger partial charge in [0.1, 0.15) is 0 Å². The Balaban J connectivity index is 1.51. The van der Waals surface area contributed by atoms with Crippen molar-refractivity contribution in [1.82, 2.24) is 24.5 Å². The largest absolute Gasteiger partial charge is 0.381 e. The van der Waals surface area contributed by atoms with E-state index in [-0.39, 0.29) is 5.91 Å². The minimum Gasteiger partial charge on any atom is -0.381 e. The molecule has 28 heavy (non-hydrogen) atoms. The second-order valence-electron chi connectivity index (χ2n) is 8.33. The third kappa shape index (κ3) is 6.03. The van der Waals surface area contributed by atoms with E-state index in [2.05, 4.69) is 39.8 Å². The SMILES string of the molecule is Cc1cc(C)n(CCC(=O)N(CCCN2CCN(C)CC2)C2CCOCC2)n1. The normalized spacial score (nSPS) is 19.8. The van der Waals surface area contributed by atoms with Gasteiger partial charge < -0.3 is 19.4 Å². The minimum absolute atomic E-state index is 0.262. The van der Waals surface area contributed by atoms with Crippen LogP contribution in [-0.4, -0.2) is 96.0 Å². The molecule has 2 fully saturated rings. The van der Waals surface area contributed by atoms with Crippen LogP contribution >= 0.6 is 0 Å². The lowest BCUT2D eigenvalue weighted by Crippen LogP contribution is -2.47. The molecule has 0 saturated carbocycles. The molecular formula is C21H37N5O2. The molecule has 0 radical (unpaired) electrons. The fourth-order valence-electron chi connectivity index (χ4n) is 4.29. The molecule has 0 spiro atoms. The number of nitrogens with zero attached hydrogens (tertiary/aromatic N) is 5. The van der Waals surface area contributed by atoms with E-state index in [1.54, 1.807) is 0 Å². The Labute approximate surface area is 169 Å². The summed E-state index contributed by atoms with van der Waals surface area (Å²) < 4.78 is 7.48. The maximum Gasteiger partial charge on any atom is 0.224 e. The zero-order chi connectivity index (χ0) is 19.9. The standard InChI is InChI=1S/C21H37N5O2/c1-18-17-19(2)26(22-18)10-5-21(27)25(20-6-15-28-16-7-20)9-4-8-24-13-11-23(3)12-14-24/h17,20H,4-16H2,1-3H3. The molecule has 7 heteroatoms. The van der Waals surface area contributed by atoms with Gasteiger partial charge in [0.25, 0.3) is 0 Å². The number of carbonyl (C=O) groups is 1. The van der Waals surface area contributed by atoms with Gasteiger partial charge in [0.05, 0.1) is 5.69 Å². The van der Waals surface area contributed by atoms with Gasteiger partial charge >= 0.3 is 0 Å². The minimum atomic E-state index is 0.262. The fourth-order valence-corrected chi connectivity index (χ4v) is 4.29. The first kappa shape index (κ1) is 21.3. The second kappa shape index (κ2) is 10.4. The van der Waals surface area contributed by atoms with E-state index in [0.29, 0.717) is 19.0 Å². The Morgan fingerprint density at radius 2 is 1.89 bits per heavy atom. The lowest BCUT2D eigenvalue weighted by atomic mass is 10.1. The van der Waals surface area contributed by atoms with Crippen molar-refractivity contribution in [1.29, 1.82) is 0 Å². The number of aromatic nitrogens is 2. The zero-order valence-corrected chi connectivity index (χ0v) is 17.9. The second-order valence-corrected chi connectivity index (χ2v) is 8.33. The summed E-state index contributed by atoms with van der Waals surface area (Å²) in [6, 6.07) is 2.39. The zero-order valence-electron chi connectivity index (χ0n) is 17.9. The number of carbonyl (C=O) groups excluding carboxylic acids is 1. The summed E-state index contributed by atoms with van der Waals surface area (Å²) >= 11 is 0. The highest BCUT2D eigenvalue weighted by Crippen LogP contribution is 2.17. The molecule has 3 rings (SSSR count). The van der Waals surface area contributed by atoms with Gasteiger partial charge in [-0.1, -0.05) is 0 Å². The van der Waals surface area contributed by atoms with Gasteiger partial charge in [-0.3, -0.25) is 9.48 Å². The molecule has 1 amide bonds. The average molecular weight is 392 g/mol. The number of hydrogen-bond acceptors (Lipinski definition) is 5. The van der Waals surface area contributed by atoms with Crippen LogP contribution in [0.15, 0.2) is 6.07 Å². The molecule has 0 aromatic carbocycles. The molecule has 1 aromatic heterocycles. The van der Waals surface area contributed by atoms with Crippen LogP contribution in [0.4, 0.5) is 0 Å². The van der Waals surface area contributed by atoms with Gasteiger partial charge in [0.2, 0.25) is 5.91 Å². The molecule has 0 atom stereocenters. The quantitative estimate of drug-likeness (QED) is 0.673. The molecule has 3 heterocycles. The average Bonchev–Trinajstić information content (AvgIpc) is 3.02. The predicted molar refractivity (Wildman–Crippen MR) is 110 cm³/mol. The lowest BCUT2D eigenvalue weighted by Gasteiger charge is -2.36. The van der Waals surface area contributed by atoms with E-state index in [4.69, 9.17) is 4.74 Å². The molecule has 0 unspecified atom stereocenters. The highest BCUT2D eigenvalue weighted by molar-refractivity contribution is 5.76. The Morgan fingerprint density at radius 3 is 2.54 bits per heavy atom. The van der Waals surface area contributed by atoms with E-state index >= 15 is 0 Å². The van der Waals surface area contributed by atoms with Gasteiger partial charge in [-0.05, 0) is 52.8 Å². The molecule has 0 bridgehead atoms. The lowest BCUT2D eigenvalue weighted by molar-refractivity contribution is -0.135. The Morgan fingerprint density at radius 1 is 1.18 bits per heavy atom. The predicted octanol–water partition coefficient (Wildman–Crippen LogP) is 1.54. The summed E-state index contributed by atoms with van der Waals surface area (Å²) in [5.41, 5.74) is 2.14. The smallest absolute Gasteiger partial charge is 0.224 e.